The van der Waals surface area contributed by atoms with Crippen LogP contribution < -0.4 is 5.32 Å². The second kappa shape index (κ2) is 6.06. The van der Waals surface area contributed by atoms with Crippen LogP contribution in [0, 0.1) is 5.41 Å². The molecule has 2 heteroatoms. The van der Waals surface area contributed by atoms with Crippen LogP contribution in [-0.2, 0) is 11.3 Å². The fraction of sp³-hybridized carbons (Fsp3) is 0.647. The largest absolute Gasteiger partial charge is 0.376 e. The van der Waals surface area contributed by atoms with Gasteiger partial charge in [-0.1, -0.05) is 43.2 Å². The summed E-state index contributed by atoms with van der Waals surface area (Å²) in [6.07, 6.45) is 8.17. The van der Waals surface area contributed by atoms with Gasteiger partial charge in [0.15, 0.2) is 0 Å². The minimum atomic E-state index is 0.414. The molecule has 0 atom stereocenters. The number of hydrogen-bond donors (Lipinski definition) is 1. The first-order valence-corrected chi connectivity index (χ1v) is 7.71. The fourth-order valence-corrected chi connectivity index (χ4v) is 3.11. The minimum Gasteiger partial charge on any atom is -0.376 e. The summed E-state index contributed by atoms with van der Waals surface area (Å²) in [6.45, 7) is 2.83. The highest BCUT2D eigenvalue weighted by atomic mass is 16.5. The molecule has 2 aliphatic carbocycles. The van der Waals surface area contributed by atoms with Crippen LogP contribution in [0.3, 0.4) is 0 Å². The third kappa shape index (κ3) is 3.80. The molecule has 0 amide bonds. The van der Waals surface area contributed by atoms with Crippen molar-refractivity contribution < 1.29 is 4.74 Å². The van der Waals surface area contributed by atoms with Gasteiger partial charge in [-0.2, -0.15) is 0 Å². The van der Waals surface area contributed by atoms with Gasteiger partial charge in [-0.25, -0.2) is 0 Å². The molecular weight excluding hydrogens is 234 g/mol. The fourth-order valence-electron chi connectivity index (χ4n) is 3.11. The zero-order valence-corrected chi connectivity index (χ0v) is 11.7. The van der Waals surface area contributed by atoms with Crippen LogP contribution in [0.1, 0.15) is 44.1 Å². The Morgan fingerprint density at radius 2 is 1.84 bits per heavy atom. The highest BCUT2D eigenvalue weighted by Gasteiger charge is 2.35. The van der Waals surface area contributed by atoms with Crippen molar-refractivity contribution in [2.75, 3.05) is 13.2 Å². The molecule has 2 saturated carbocycles. The van der Waals surface area contributed by atoms with E-state index in [1.165, 1.54) is 44.1 Å². The number of benzene rings is 1. The summed E-state index contributed by atoms with van der Waals surface area (Å²) in [5.41, 5.74) is 1.70. The van der Waals surface area contributed by atoms with E-state index in [1.807, 2.05) is 0 Å². The molecule has 0 spiro atoms. The maximum atomic E-state index is 6.02. The van der Waals surface area contributed by atoms with Crippen molar-refractivity contribution in [3.8, 4) is 0 Å². The summed E-state index contributed by atoms with van der Waals surface area (Å²) in [5.74, 6) is 0. The predicted molar refractivity (Wildman–Crippen MR) is 78.0 cm³/mol. The normalized spacial score (nSPS) is 21.7. The Morgan fingerprint density at radius 1 is 1.11 bits per heavy atom. The Bertz CT molecular complexity index is 380. The van der Waals surface area contributed by atoms with E-state index in [-0.39, 0.29) is 0 Å². The summed E-state index contributed by atoms with van der Waals surface area (Å²) < 4.78 is 6.02. The first-order valence-electron chi connectivity index (χ1n) is 7.71. The molecule has 2 aliphatic rings. The molecule has 0 saturated heterocycles. The maximum Gasteiger partial charge on any atom is 0.0717 e. The van der Waals surface area contributed by atoms with Crippen molar-refractivity contribution in [3.63, 3.8) is 0 Å². The predicted octanol–water partition coefficient (Wildman–Crippen LogP) is 3.52. The first-order chi connectivity index (χ1) is 9.36. The standard InChI is InChI=1S/C17H25NO/c1-2-6-15(7-3-1)12-19-14-17(10-4-5-11-17)13-18-16-8-9-16/h1-3,6-7,16,18H,4-5,8-14H2. The zero-order valence-electron chi connectivity index (χ0n) is 11.7. The van der Waals surface area contributed by atoms with Gasteiger partial charge >= 0.3 is 0 Å². The quantitative estimate of drug-likeness (QED) is 0.809. The molecule has 2 fully saturated rings. The van der Waals surface area contributed by atoms with Crippen LogP contribution in [0.5, 0.6) is 0 Å². The average molecular weight is 259 g/mol. The Hall–Kier alpha value is -0.860. The molecule has 19 heavy (non-hydrogen) atoms. The van der Waals surface area contributed by atoms with Crippen molar-refractivity contribution in [2.45, 2.75) is 51.2 Å². The molecule has 0 heterocycles. The Balaban J connectivity index is 1.47. The lowest BCUT2D eigenvalue weighted by molar-refractivity contribution is 0.0358. The number of nitrogens with one attached hydrogen (secondary N) is 1. The number of rotatable bonds is 7. The monoisotopic (exact) mass is 259 g/mol. The van der Waals surface area contributed by atoms with Crippen molar-refractivity contribution in [1.82, 2.24) is 5.32 Å². The molecule has 104 valence electrons. The molecular formula is C17H25NO. The van der Waals surface area contributed by atoms with E-state index in [2.05, 4.69) is 35.6 Å². The summed E-state index contributed by atoms with van der Waals surface area (Å²) in [7, 11) is 0. The van der Waals surface area contributed by atoms with E-state index < -0.39 is 0 Å². The van der Waals surface area contributed by atoms with Gasteiger partial charge in [0.25, 0.3) is 0 Å². The highest BCUT2D eigenvalue weighted by Crippen LogP contribution is 2.38. The second-order valence-electron chi connectivity index (χ2n) is 6.34. The molecule has 2 nitrogen and oxygen atoms in total. The van der Waals surface area contributed by atoms with Gasteiger partial charge in [-0.05, 0) is 31.2 Å². The lowest BCUT2D eigenvalue weighted by Crippen LogP contribution is -2.37. The van der Waals surface area contributed by atoms with Gasteiger partial charge in [0.05, 0.1) is 13.2 Å². The van der Waals surface area contributed by atoms with Crippen LogP contribution in [0.25, 0.3) is 0 Å². The Kier molecular flexibility index (Phi) is 4.19. The smallest absolute Gasteiger partial charge is 0.0717 e. The molecule has 3 rings (SSSR count). The molecule has 0 aliphatic heterocycles. The van der Waals surface area contributed by atoms with Crippen LogP contribution >= 0.6 is 0 Å². The second-order valence-corrected chi connectivity index (χ2v) is 6.34. The number of hydrogen-bond acceptors (Lipinski definition) is 2. The molecule has 0 aromatic heterocycles. The lowest BCUT2D eigenvalue weighted by Gasteiger charge is -2.29. The molecule has 1 aromatic carbocycles. The van der Waals surface area contributed by atoms with Gasteiger partial charge < -0.3 is 10.1 Å². The SMILES string of the molecule is c1ccc(COCC2(CNC3CC3)CCCC2)cc1. The van der Waals surface area contributed by atoms with Crippen molar-refractivity contribution in [1.29, 1.82) is 0 Å². The topological polar surface area (TPSA) is 21.3 Å². The van der Waals surface area contributed by atoms with E-state index in [1.54, 1.807) is 0 Å². The third-order valence-electron chi connectivity index (χ3n) is 4.53. The van der Waals surface area contributed by atoms with Crippen LogP contribution in [0.15, 0.2) is 30.3 Å². The summed E-state index contributed by atoms with van der Waals surface area (Å²) in [4.78, 5) is 0. The van der Waals surface area contributed by atoms with Crippen molar-refractivity contribution in [2.24, 2.45) is 5.41 Å². The summed E-state index contributed by atoms with van der Waals surface area (Å²) in [6, 6.07) is 11.3. The van der Waals surface area contributed by atoms with E-state index in [9.17, 15) is 0 Å². The molecule has 1 aromatic rings. The molecule has 1 N–H and O–H groups in total. The third-order valence-corrected chi connectivity index (χ3v) is 4.53. The number of ether oxygens (including phenoxy) is 1. The van der Waals surface area contributed by atoms with Gasteiger partial charge in [-0.15, -0.1) is 0 Å². The average Bonchev–Trinajstić information content (AvgIpc) is 3.17. The Morgan fingerprint density at radius 3 is 2.53 bits per heavy atom. The maximum absolute atomic E-state index is 6.02. The van der Waals surface area contributed by atoms with Crippen LogP contribution in [0.4, 0.5) is 0 Å². The van der Waals surface area contributed by atoms with Crippen molar-refractivity contribution >= 4 is 0 Å². The lowest BCUT2D eigenvalue weighted by atomic mass is 9.87. The summed E-state index contributed by atoms with van der Waals surface area (Å²) >= 11 is 0. The van der Waals surface area contributed by atoms with Crippen LogP contribution in [0.2, 0.25) is 0 Å². The van der Waals surface area contributed by atoms with E-state index in [0.717, 1.165) is 25.8 Å². The molecule has 0 bridgehead atoms. The first kappa shape index (κ1) is 13.1. The van der Waals surface area contributed by atoms with Gasteiger partial charge in [0, 0.05) is 18.0 Å². The van der Waals surface area contributed by atoms with Gasteiger partial charge in [0.2, 0.25) is 0 Å². The summed E-state index contributed by atoms with van der Waals surface area (Å²) in [5, 5.41) is 3.71. The van der Waals surface area contributed by atoms with Crippen LogP contribution in [-0.4, -0.2) is 19.2 Å². The van der Waals surface area contributed by atoms with E-state index >= 15 is 0 Å². The van der Waals surface area contributed by atoms with E-state index in [4.69, 9.17) is 4.74 Å². The molecule has 0 unspecified atom stereocenters. The zero-order chi connectivity index (χ0) is 13.0. The Labute approximate surface area is 116 Å². The van der Waals surface area contributed by atoms with E-state index in [0.29, 0.717) is 5.41 Å². The molecule has 0 radical (unpaired) electrons. The highest BCUT2D eigenvalue weighted by molar-refractivity contribution is 5.13. The van der Waals surface area contributed by atoms with Crippen molar-refractivity contribution in [3.05, 3.63) is 35.9 Å². The van der Waals surface area contributed by atoms with Gasteiger partial charge in [0.1, 0.15) is 0 Å². The van der Waals surface area contributed by atoms with Gasteiger partial charge in [-0.3, -0.25) is 0 Å². The minimum absolute atomic E-state index is 0.414.